The van der Waals surface area contributed by atoms with Gasteiger partial charge in [0.2, 0.25) is 22.9 Å². The van der Waals surface area contributed by atoms with Crippen LogP contribution in [0.4, 0.5) is 0 Å². The summed E-state index contributed by atoms with van der Waals surface area (Å²) in [6.07, 6.45) is 11.0. The summed E-state index contributed by atoms with van der Waals surface area (Å²) in [6.45, 7) is 2.94. The molecule has 4 saturated heterocycles. The minimum absolute atomic E-state index is 0.0177. The van der Waals surface area contributed by atoms with Gasteiger partial charge in [0.1, 0.15) is 0 Å². The predicted molar refractivity (Wildman–Crippen MR) is 232 cm³/mol. The van der Waals surface area contributed by atoms with Crippen molar-refractivity contribution in [2.45, 2.75) is 109 Å². The molecule has 7 N–H and O–H groups in total. The molecule has 0 bridgehead atoms. The second kappa shape index (κ2) is 19.4. The molecule has 2 amide bonds. The number of esters is 3. The van der Waals surface area contributed by atoms with Gasteiger partial charge in [-0.05, 0) is 114 Å². The SMILES string of the molecule is C[C@@]12OC(=O)[C@]1([C@@H](O)[C@@H]1C=CCCC1)NC(=O)[C@@H]2CCO.C[C@@]12OC(=O)[C@]1([C@@H](O)[C@@H]1C=CCCC1)NC(=O)[C@@H]2CCOC(=O)c1ccc(S(=O)(=O)O)cc1.O=C(O)c1ccc(S(=O)(=O)Cl)cc1. The average Bonchev–Trinajstić information content (AvgIpc) is 3.58. The zero-order chi connectivity index (χ0) is 49.3. The number of carboxylic acids is 1. The number of ether oxygens (including phenoxy) is 3. The third-order valence-corrected chi connectivity index (χ3v) is 15.8. The van der Waals surface area contributed by atoms with E-state index in [0.717, 1.165) is 56.4 Å². The van der Waals surface area contributed by atoms with E-state index in [4.69, 9.17) is 39.7 Å². The standard InChI is InChI=1S/C22H25NO9S.C15H21NO5.C7H5ClO4S/c1-21-16(11-12-31-19(26)14-7-9-15(10-8-14)33(28,29)30)18(25)23-22(21,20(27)32-21)17(24)13-5-3-2-4-6-13;1-14-10(7-8-17)12(19)16-15(14,13(20)21-14)11(18)9-5-3-2-4-6-9;8-13(11,12)6-3-1-5(2-4-6)7(9)10/h3,5,7-10,13,16-17,24H,2,4,6,11-12H2,1H3,(H,23,25)(H,28,29,30);3,5,9-11,17-18H,2,4,6-8H2,1H3,(H,16,19);1-4H,(H,9,10)/t13-,16+,17+,21+,22+;9-,10+,11+,14+,15+;/m11./s1. The maximum Gasteiger partial charge on any atom is 0.339 e. The summed E-state index contributed by atoms with van der Waals surface area (Å²) >= 11 is 0. The molecule has 0 unspecified atom stereocenters. The summed E-state index contributed by atoms with van der Waals surface area (Å²) < 4.78 is 68.6. The lowest BCUT2D eigenvalue weighted by atomic mass is 9.64. The van der Waals surface area contributed by atoms with Crippen molar-refractivity contribution in [1.29, 1.82) is 0 Å². The Morgan fingerprint density at radius 1 is 0.746 bits per heavy atom. The molecule has 20 nitrogen and oxygen atoms in total. The Hall–Kier alpha value is -5.23. The highest BCUT2D eigenvalue weighted by Crippen LogP contribution is 2.54. The summed E-state index contributed by atoms with van der Waals surface area (Å²) in [4.78, 5) is 71.8. The van der Waals surface area contributed by atoms with Crippen molar-refractivity contribution in [3.8, 4) is 0 Å². The Kier molecular flexibility index (Phi) is 14.8. The molecule has 4 heterocycles. The van der Waals surface area contributed by atoms with Crippen molar-refractivity contribution in [2.24, 2.45) is 23.7 Å². The molecule has 23 heteroatoms. The number of aliphatic hydroxyl groups is 3. The number of carboxylic acid groups (broad SMARTS) is 1. The summed E-state index contributed by atoms with van der Waals surface area (Å²) in [5.74, 6) is -5.81. The molecule has 364 valence electrons. The van der Waals surface area contributed by atoms with E-state index in [0.29, 0.717) is 6.42 Å². The first-order chi connectivity index (χ1) is 31.4. The zero-order valence-corrected chi connectivity index (χ0v) is 38.6. The normalized spacial score (nSPS) is 31.2. The number of benzene rings is 2. The van der Waals surface area contributed by atoms with E-state index in [-0.39, 0.29) is 64.7 Å². The molecule has 0 radical (unpaired) electrons. The third-order valence-electron chi connectivity index (χ3n) is 13.5. The van der Waals surface area contributed by atoms with Gasteiger partial charge in [0.25, 0.3) is 19.2 Å². The monoisotopic (exact) mass is 994 g/mol. The minimum atomic E-state index is -4.38. The van der Waals surface area contributed by atoms with E-state index in [1.54, 1.807) is 13.8 Å². The fraction of sp³-hybridized carbons (Fsp3) is 0.500. The molecule has 2 aliphatic carbocycles. The van der Waals surface area contributed by atoms with Crippen LogP contribution in [-0.4, -0.2) is 125 Å². The summed E-state index contributed by atoms with van der Waals surface area (Å²) in [7, 11) is -3.13. The number of carbonyl (C=O) groups excluding carboxylic acids is 5. The van der Waals surface area contributed by atoms with E-state index in [1.807, 2.05) is 24.3 Å². The highest BCUT2D eigenvalue weighted by atomic mass is 35.7. The number of amides is 2. The zero-order valence-electron chi connectivity index (χ0n) is 36.2. The van der Waals surface area contributed by atoms with Gasteiger partial charge in [-0.15, -0.1) is 0 Å². The largest absolute Gasteiger partial charge is 0.478 e. The Balaban J connectivity index is 0.000000185. The first kappa shape index (κ1) is 51.2. The van der Waals surface area contributed by atoms with Gasteiger partial charge in [-0.3, -0.25) is 14.1 Å². The van der Waals surface area contributed by atoms with Gasteiger partial charge in [0, 0.05) is 29.1 Å². The summed E-state index contributed by atoms with van der Waals surface area (Å²) in [6, 6.07) is 9.18. The van der Waals surface area contributed by atoms with Crippen LogP contribution < -0.4 is 10.6 Å². The molecular weight excluding hydrogens is 944 g/mol. The highest BCUT2D eigenvalue weighted by molar-refractivity contribution is 8.13. The molecule has 0 spiro atoms. The van der Waals surface area contributed by atoms with Crippen LogP contribution in [0.5, 0.6) is 0 Å². The number of carbonyl (C=O) groups is 6. The van der Waals surface area contributed by atoms with Gasteiger partial charge < -0.3 is 45.3 Å². The number of aliphatic hydroxyl groups excluding tert-OH is 3. The number of nitrogens with one attached hydrogen (secondary N) is 2. The first-order valence-electron chi connectivity index (χ1n) is 21.3. The Morgan fingerprint density at radius 3 is 1.55 bits per heavy atom. The van der Waals surface area contributed by atoms with E-state index >= 15 is 0 Å². The fourth-order valence-corrected chi connectivity index (χ4v) is 11.0. The van der Waals surface area contributed by atoms with Gasteiger partial charge >= 0.3 is 23.9 Å². The molecule has 4 aliphatic heterocycles. The average molecular weight is 995 g/mol. The maximum atomic E-state index is 12.8. The quantitative estimate of drug-likeness (QED) is 0.0497. The van der Waals surface area contributed by atoms with Crippen molar-refractivity contribution in [2.75, 3.05) is 13.2 Å². The Bertz CT molecular complexity index is 2570. The van der Waals surface area contributed by atoms with Gasteiger partial charge in [0.05, 0.1) is 51.6 Å². The number of hydrogen-bond acceptors (Lipinski definition) is 16. The number of fused-ring (bicyclic) bond motifs is 2. The Morgan fingerprint density at radius 2 is 1.18 bits per heavy atom. The lowest BCUT2D eigenvalue weighted by molar-refractivity contribution is -0.239. The number of aromatic carboxylic acids is 1. The van der Waals surface area contributed by atoms with E-state index in [1.165, 1.54) is 24.3 Å². The summed E-state index contributed by atoms with van der Waals surface area (Å²) in [5, 5.41) is 44.8. The van der Waals surface area contributed by atoms with Crippen molar-refractivity contribution < 1.29 is 84.8 Å². The van der Waals surface area contributed by atoms with Crippen LogP contribution in [0.3, 0.4) is 0 Å². The molecule has 0 saturated carbocycles. The topological polar surface area (TPSA) is 324 Å². The molecule has 10 atom stereocenters. The second-order valence-corrected chi connectivity index (χ2v) is 21.3. The fourth-order valence-electron chi connectivity index (χ4n) is 9.77. The molecule has 8 rings (SSSR count). The van der Waals surface area contributed by atoms with Crippen LogP contribution in [-0.2, 0) is 52.6 Å². The van der Waals surface area contributed by atoms with Crippen molar-refractivity contribution in [1.82, 2.24) is 10.6 Å². The summed E-state index contributed by atoms with van der Waals surface area (Å²) in [5.41, 5.74) is -5.21. The first-order valence-corrected chi connectivity index (χ1v) is 25.1. The molecule has 2 aromatic rings. The van der Waals surface area contributed by atoms with Gasteiger partial charge in [-0.25, -0.2) is 27.6 Å². The number of allylic oxidation sites excluding steroid dienone is 2. The van der Waals surface area contributed by atoms with Crippen LogP contribution in [0.15, 0.2) is 82.6 Å². The third kappa shape index (κ3) is 9.36. The van der Waals surface area contributed by atoms with Gasteiger partial charge in [-0.2, -0.15) is 8.42 Å². The van der Waals surface area contributed by atoms with Crippen LogP contribution in [0, 0.1) is 23.7 Å². The maximum absolute atomic E-state index is 12.8. The van der Waals surface area contributed by atoms with Crippen LogP contribution in [0.25, 0.3) is 0 Å². The van der Waals surface area contributed by atoms with E-state index < -0.39 is 95.3 Å². The van der Waals surface area contributed by atoms with Crippen LogP contribution in [0.1, 0.15) is 85.9 Å². The van der Waals surface area contributed by atoms with E-state index in [2.05, 4.69) is 10.6 Å². The van der Waals surface area contributed by atoms with Crippen LogP contribution in [0.2, 0.25) is 0 Å². The molecule has 2 aromatic carbocycles. The molecule has 6 aliphatic rings. The lowest BCUT2D eigenvalue weighted by Crippen LogP contribution is -2.80. The van der Waals surface area contributed by atoms with Crippen molar-refractivity contribution >= 4 is 65.5 Å². The number of rotatable bonds is 13. The number of hydrogen-bond donors (Lipinski definition) is 7. The molecule has 4 fully saturated rings. The van der Waals surface area contributed by atoms with Crippen molar-refractivity contribution in [3.63, 3.8) is 0 Å². The minimum Gasteiger partial charge on any atom is -0.478 e. The van der Waals surface area contributed by atoms with Gasteiger partial charge in [-0.1, -0.05) is 24.3 Å². The molecule has 67 heavy (non-hydrogen) atoms. The second-order valence-electron chi connectivity index (χ2n) is 17.3. The lowest BCUT2D eigenvalue weighted by Gasteiger charge is -2.54. The smallest absolute Gasteiger partial charge is 0.339 e. The van der Waals surface area contributed by atoms with Gasteiger partial charge in [0.15, 0.2) is 11.2 Å². The number of halogens is 1. The predicted octanol–water partition coefficient (Wildman–Crippen LogP) is 2.20. The van der Waals surface area contributed by atoms with Crippen LogP contribution >= 0.6 is 10.7 Å². The molecular formula is C44H51ClN2O18S2. The molecule has 0 aromatic heterocycles. The van der Waals surface area contributed by atoms with E-state index in [9.17, 15) is 55.8 Å². The highest BCUT2D eigenvalue weighted by Gasteiger charge is 2.80. The Labute approximate surface area is 389 Å². The van der Waals surface area contributed by atoms with Crippen molar-refractivity contribution in [3.05, 3.63) is 84.0 Å².